The zero-order valence-electron chi connectivity index (χ0n) is 11.5. The predicted octanol–water partition coefficient (Wildman–Crippen LogP) is 1.69. The number of aliphatic hydroxyl groups excluding tert-OH is 1. The van der Waals surface area contributed by atoms with Gasteiger partial charge in [-0.15, -0.1) is 0 Å². The van der Waals surface area contributed by atoms with Crippen LogP contribution in [0.25, 0.3) is 0 Å². The van der Waals surface area contributed by atoms with E-state index in [0.29, 0.717) is 17.8 Å². The molecule has 0 unspecified atom stereocenters. The Balaban J connectivity index is 2.97. The Morgan fingerprint density at radius 2 is 2.26 bits per heavy atom. The van der Waals surface area contributed by atoms with E-state index in [-0.39, 0.29) is 12.5 Å². The number of hydrogen-bond acceptors (Lipinski definition) is 3. The standard InChI is InChI=1S/C15H20N2O2/c1-3-5-11-17(4-2)15(19)14-13(9-7-12-18)8-6-10-16-14/h6,8,10,18H,3-5,11-12H2,1-2H3. The predicted molar refractivity (Wildman–Crippen MR) is 74.7 cm³/mol. The van der Waals surface area contributed by atoms with Gasteiger partial charge in [-0.25, -0.2) is 4.98 Å². The summed E-state index contributed by atoms with van der Waals surface area (Å²) in [6, 6.07) is 3.48. The molecule has 0 aliphatic carbocycles. The van der Waals surface area contributed by atoms with Crippen molar-refractivity contribution in [3.63, 3.8) is 0 Å². The summed E-state index contributed by atoms with van der Waals surface area (Å²) in [6.07, 6.45) is 3.61. The van der Waals surface area contributed by atoms with E-state index in [0.717, 1.165) is 19.4 Å². The van der Waals surface area contributed by atoms with Crippen LogP contribution in [0.3, 0.4) is 0 Å². The Hall–Kier alpha value is -1.86. The molecule has 0 saturated heterocycles. The van der Waals surface area contributed by atoms with E-state index < -0.39 is 0 Å². The van der Waals surface area contributed by atoms with Gasteiger partial charge in [0.25, 0.3) is 5.91 Å². The molecule has 0 aliphatic rings. The highest BCUT2D eigenvalue weighted by Gasteiger charge is 2.17. The molecule has 0 spiro atoms. The van der Waals surface area contributed by atoms with Crippen molar-refractivity contribution in [3.05, 3.63) is 29.6 Å². The van der Waals surface area contributed by atoms with E-state index in [1.54, 1.807) is 23.2 Å². The summed E-state index contributed by atoms with van der Waals surface area (Å²) >= 11 is 0. The lowest BCUT2D eigenvalue weighted by molar-refractivity contribution is 0.0756. The van der Waals surface area contributed by atoms with Gasteiger partial charge in [0.15, 0.2) is 0 Å². The fourth-order valence-electron chi connectivity index (χ4n) is 1.71. The molecule has 1 aromatic heterocycles. The minimum absolute atomic E-state index is 0.0983. The lowest BCUT2D eigenvalue weighted by Crippen LogP contribution is -2.32. The molecule has 0 aliphatic heterocycles. The molecule has 4 heteroatoms. The molecule has 0 aromatic carbocycles. The normalized spacial score (nSPS) is 9.63. The van der Waals surface area contributed by atoms with Gasteiger partial charge in [0.2, 0.25) is 0 Å². The quantitative estimate of drug-likeness (QED) is 0.820. The fraction of sp³-hybridized carbons (Fsp3) is 0.467. The van der Waals surface area contributed by atoms with E-state index in [1.807, 2.05) is 6.92 Å². The van der Waals surface area contributed by atoms with Crippen LogP contribution in [0, 0.1) is 11.8 Å². The van der Waals surface area contributed by atoms with Crippen LogP contribution in [0.5, 0.6) is 0 Å². The summed E-state index contributed by atoms with van der Waals surface area (Å²) in [4.78, 5) is 18.3. The maximum atomic E-state index is 12.4. The van der Waals surface area contributed by atoms with Crippen molar-refractivity contribution in [2.45, 2.75) is 26.7 Å². The number of nitrogens with zero attached hydrogens (tertiary/aromatic N) is 2. The van der Waals surface area contributed by atoms with Gasteiger partial charge in [0.05, 0.1) is 5.56 Å². The molecule has 1 amide bonds. The Kier molecular flexibility index (Phi) is 6.62. The summed E-state index contributed by atoms with van der Waals surface area (Å²) in [6.45, 7) is 5.21. The molecule has 1 rings (SSSR count). The van der Waals surface area contributed by atoms with Gasteiger partial charge < -0.3 is 10.0 Å². The van der Waals surface area contributed by atoms with Crippen molar-refractivity contribution in [1.29, 1.82) is 0 Å². The highest BCUT2D eigenvalue weighted by atomic mass is 16.2. The monoisotopic (exact) mass is 260 g/mol. The molecular weight excluding hydrogens is 240 g/mol. The van der Waals surface area contributed by atoms with Gasteiger partial charge >= 0.3 is 0 Å². The molecule has 4 nitrogen and oxygen atoms in total. The molecule has 1 N–H and O–H groups in total. The van der Waals surface area contributed by atoms with Gasteiger partial charge in [0, 0.05) is 19.3 Å². The van der Waals surface area contributed by atoms with Crippen LogP contribution in [0.2, 0.25) is 0 Å². The average molecular weight is 260 g/mol. The number of amides is 1. The van der Waals surface area contributed by atoms with Crippen molar-refractivity contribution in [3.8, 4) is 11.8 Å². The number of aromatic nitrogens is 1. The highest BCUT2D eigenvalue weighted by Crippen LogP contribution is 2.09. The zero-order chi connectivity index (χ0) is 14.1. The smallest absolute Gasteiger partial charge is 0.273 e. The van der Waals surface area contributed by atoms with Gasteiger partial charge in [-0.1, -0.05) is 25.2 Å². The van der Waals surface area contributed by atoms with Crippen molar-refractivity contribution in [2.24, 2.45) is 0 Å². The molecule has 0 radical (unpaired) electrons. The van der Waals surface area contributed by atoms with E-state index >= 15 is 0 Å². The van der Waals surface area contributed by atoms with Crippen molar-refractivity contribution in [2.75, 3.05) is 19.7 Å². The first-order valence-electron chi connectivity index (χ1n) is 6.58. The largest absolute Gasteiger partial charge is 0.384 e. The van der Waals surface area contributed by atoms with Crippen molar-refractivity contribution >= 4 is 5.91 Å². The van der Waals surface area contributed by atoms with Gasteiger partial charge in [0.1, 0.15) is 12.3 Å². The maximum absolute atomic E-state index is 12.4. The molecule has 19 heavy (non-hydrogen) atoms. The van der Waals surface area contributed by atoms with Crippen LogP contribution in [0.1, 0.15) is 42.7 Å². The van der Waals surface area contributed by atoms with E-state index in [4.69, 9.17) is 5.11 Å². The number of rotatable bonds is 5. The lowest BCUT2D eigenvalue weighted by Gasteiger charge is -2.20. The first-order valence-corrected chi connectivity index (χ1v) is 6.58. The average Bonchev–Trinajstić information content (AvgIpc) is 2.46. The summed E-state index contributed by atoms with van der Waals surface area (Å²) in [5, 5.41) is 8.74. The molecule has 0 saturated carbocycles. The molecular formula is C15H20N2O2. The fourth-order valence-corrected chi connectivity index (χ4v) is 1.71. The highest BCUT2D eigenvalue weighted by molar-refractivity contribution is 5.94. The van der Waals surface area contributed by atoms with Crippen LogP contribution in [0.15, 0.2) is 18.3 Å². The second-order valence-corrected chi connectivity index (χ2v) is 4.10. The first kappa shape index (κ1) is 15.2. The Morgan fingerprint density at radius 3 is 2.89 bits per heavy atom. The number of carbonyl (C=O) groups excluding carboxylic acids is 1. The number of aliphatic hydroxyl groups is 1. The number of carbonyl (C=O) groups is 1. The third-order valence-electron chi connectivity index (χ3n) is 2.76. The van der Waals surface area contributed by atoms with Crippen LogP contribution in [0.4, 0.5) is 0 Å². The second kappa shape index (κ2) is 8.28. The molecule has 0 bridgehead atoms. The lowest BCUT2D eigenvalue weighted by atomic mass is 10.1. The van der Waals surface area contributed by atoms with Gasteiger partial charge in [-0.3, -0.25) is 4.79 Å². The summed E-state index contributed by atoms with van der Waals surface area (Å²) < 4.78 is 0. The summed E-state index contributed by atoms with van der Waals surface area (Å²) in [7, 11) is 0. The van der Waals surface area contributed by atoms with E-state index in [9.17, 15) is 4.79 Å². The zero-order valence-corrected chi connectivity index (χ0v) is 11.5. The number of pyridine rings is 1. The third-order valence-corrected chi connectivity index (χ3v) is 2.76. The summed E-state index contributed by atoms with van der Waals surface area (Å²) in [5.74, 6) is 5.23. The van der Waals surface area contributed by atoms with Crippen LogP contribution in [-0.4, -0.2) is 40.6 Å². The van der Waals surface area contributed by atoms with Crippen molar-refractivity contribution < 1.29 is 9.90 Å². The molecule has 1 aromatic rings. The van der Waals surface area contributed by atoms with Crippen LogP contribution in [-0.2, 0) is 0 Å². The molecule has 1 heterocycles. The molecule has 102 valence electrons. The minimum Gasteiger partial charge on any atom is -0.384 e. The molecule has 0 atom stereocenters. The summed E-state index contributed by atoms with van der Waals surface area (Å²) in [5.41, 5.74) is 0.929. The minimum atomic E-state index is -0.226. The van der Waals surface area contributed by atoms with Gasteiger partial charge in [-0.05, 0) is 25.5 Å². The SMILES string of the molecule is CCCCN(CC)C(=O)c1ncccc1C#CCO. The number of hydrogen-bond donors (Lipinski definition) is 1. The first-order chi connectivity index (χ1) is 9.24. The molecule has 0 fully saturated rings. The Labute approximate surface area is 114 Å². The van der Waals surface area contributed by atoms with Crippen LogP contribution < -0.4 is 0 Å². The Bertz CT molecular complexity index is 475. The van der Waals surface area contributed by atoms with E-state index in [1.165, 1.54) is 0 Å². The third kappa shape index (κ3) is 4.38. The van der Waals surface area contributed by atoms with Crippen LogP contribution >= 0.6 is 0 Å². The second-order valence-electron chi connectivity index (χ2n) is 4.10. The topological polar surface area (TPSA) is 53.4 Å². The Morgan fingerprint density at radius 1 is 1.47 bits per heavy atom. The van der Waals surface area contributed by atoms with Crippen molar-refractivity contribution in [1.82, 2.24) is 9.88 Å². The maximum Gasteiger partial charge on any atom is 0.273 e. The van der Waals surface area contributed by atoms with Gasteiger partial charge in [-0.2, -0.15) is 0 Å². The van der Waals surface area contributed by atoms with E-state index in [2.05, 4.69) is 23.7 Å². The number of unbranched alkanes of at least 4 members (excludes halogenated alkanes) is 1.